The van der Waals surface area contributed by atoms with Crippen molar-refractivity contribution in [3.05, 3.63) is 24.0 Å². The van der Waals surface area contributed by atoms with Gasteiger partial charge in [0.2, 0.25) is 0 Å². The van der Waals surface area contributed by atoms with Gasteiger partial charge in [-0.3, -0.25) is 4.98 Å². The molecule has 0 amide bonds. The first-order chi connectivity index (χ1) is 7.15. The van der Waals surface area contributed by atoms with Gasteiger partial charge in [-0.2, -0.15) is 0 Å². The van der Waals surface area contributed by atoms with Crippen LogP contribution in [0.25, 0.3) is 0 Å². The molecule has 0 radical (unpaired) electrons. The molecule has 0 saturated carbocycles. The van der Waals surface area contributed by atoms with Crippen molar-refractivity contribution in [3.8, 4) is 0 Å². The fraction of sp³-hybridized carbons (Fsp3) is 0.300. The number of cyclic esters (lactones) is 2. The summed E-state index contributed by atoms with van der Waals surface area (Å²) in [6.07, 6.45) is 3.34. The summed E-state index contributed by atoms with van der Waals surface area (Å²) < 4.78 is 4.43. The predicted octanol–water partition coefficient (Wildman–Crippen LogP) is 0.280. The summed E-state index contributed by atoms with van der Waals surface area (Å²) in [6.45, 7) is 2.09. The Hall–Kier alpha value is -1.91. The quantitative estimate of drug-likeness (QED) is 0.488. The van der Waals surface area contributed by atoms with Gasteiger partial charge in [0.25, 0.3) is 0 Å². The van der Waals surface area contributed by atoms with Gasteiger partial charge in [0.1, 0.15) is 13.1 Å². The van der Waals surface area contributed by atoms with Gasteiger partial charge >= 0.3 is 11.9 Å². The number of pyridine rings is 1. The molecule has 1 fully saturated rings. The maximum absolute atomic E-state index is 11.0. The Labute approximate surface area is 86.7 Å². The third-order valence-electron chi connectivity index (χ3n) is 2.09. The largest absolute Gasteiger partial charge is 0.390 e. The Kier molecular flexibility index (Phi) is 2.37. The maximum Gasteiger partial charge on any atom is 0.333 e. The second kappa shape index (κ2) is 3.68. The van der Waals surface area contributed by atoms with Crippen molar-refractivity contribution in [2.45, 2.75) is 6.92 Å². The molecule has 0 bridgehead atoms. The Balaban J connectivity index is 2.23. The molecular weight excluding hydrogens is 196 g/mol. The van der Waals surface area contributed by atoms with Crippen LogP contribution in [0, 0.1) is 6.92 Å². The molecule has 2 rings (SSSR count). The van der Waals surface area contributed by atoms with E-state index in [-0.39, 0.29) is 13.1 Å². The van der Waals surface area contributed by atoms with Crippen LogP contribution in [-0.2, 0) is 14.3 Å². The van der Waals surface area contributed by atoms with Crippen LogP contribution in [0.3, 0.4) is 0 Å². The standard InChI is InChI=1S/C10H10N2O3/c1-7-2-8(4-11-3-7)12-5-9(13)15-10(14)6-12/h2-4H,5-6H2,1H3. The Bertz CT molecular complexity index is 401. The van der Waals surface area contributed by atoms with E-state index in [1.807, 2.05) is 13.0 Å². The molecular formula is C10H10N2O3. The summed E-state index contributed by atoms with van der Waals surface area (Å²) in [6, 6.07) is 1.87. The molecule has 1 aliphatic heterocycles. The summed E-state index contributed by atoms with van der Waals surface area (Å²) in [5.74, 6) is -1.04. The number of hydrogen-bond donors (Lipinski definition) is 0. The lowest BCUT2D eigenvalue weighted by molar-refractivity contribution is -0.160. The zero-order valence-electron chi connectivity index (χ0n) is 8.27. The number of carbonyl (C=O) groups excluding carboxylic acids is 2. The molecule has 0 spiro atoms. The second-order valence-corrected chi connectivity index (χ2v) is 3.42. The summed E-state index contributed by atoms with van der Waals surface area (Å²) in [4.78, 5) is 27.7. The van der Waals surface area contributed by atoms with Crippen molar-refractivity contribution in [1.29, 1.82) is 0 Å². The molecule has 15 heavy (non-hydrogen) atoms. The number of aromatic nitrogens is 1. The van der Waals surface area contributed by atoms with Crippen molar-refractivity contribution in [2.24, 2.45) is 0 Å². The maximum atomic E-state index is 11.0. The second-order valence-electron chi connectivity index (χ2n) is 3.42. The Morgan fingerprint density at radius 2 is 1.93 bits per heavy atom. The number of aryl methyl sites for hydroxylation is 1. The fourth-order valence-electron chi connectivity index (χ4n) is 1.45. The minimum absolute atomic E-state index is 0.0941. The highest BCUT2D eigenvalue weighted by Crippen LogP contribution is 2.16. The number of rotatable bonds is 1. The van der Waals surface area contributed by atoms with Crippen molar-refractivity contribution < 1.29 is 14.3 Å². The normalized spacial score (nSPS) is 16.5. The van der Waals surface area contributed by atoms with Crippen LogP contribution in [0.15, 0.2) is 18.5 Å². The summed E-state index contributed by atoms with van der Waals surface area (Å²) in [7, 11) is 0. The summed E-state index contributed by atoms with van der Waals surface area (Å²) >= 11 is 0. The van der Waals surface area contributed by atoms with E-state index in [4.69, 9.17) is 0 Å². The molecule has 1 saturated heterocycles. The van der Waals surface area contributed by atoms with Crippen molar-refractivity contribution in [3.63, 3.8) is 0 Å². The molecule has 5 nitrogen and oxygen atoms in total. The molecule has 0 unspecified atom stereocenters. The van der Waals surface area contributed by atoms with Gasteiger partial charge in [-0.25, -0.2) is 9.59 Å². The SMILES string of the molecule is Cc1cncc(N2CC(=O)OC(=O)C2)c1. The fourth-order valence-corrected chi connectivity index (χ4v) is 1.45. The number of anilines is 1. The summed E-state index contributed by atoms with van der Waals surface area (Å²) in [5.41, 5.74) is 1.75. The highest BCUT2D eigenvalue weighted by molar-refractivity contribution is 5.94. The van der Waals surface area contributed by atoms with Gasteiger partial charge in [0.15, 0.2) is 0 Å². The molecule has 2 heterocycles. The van der Waals surface area contributed by atoms with E-state index in [1.54, 1.807) is 17.3 Å². The van der Waals surface area contributed by atoms with E-state index in [0.29, 0.717) is 0 Å². The van der Waals surface area contributed by atoms with Gasteiger partial charge in [-0.1, -0.05) is 0 Å². The molecule has 5 heteroatoms. The van der Waals surface area contributed by atoms with Crippen LogP contribution in [0.1, 0.15) is 5.56 Å². The third kappa shape index (κ3) is 2.12. The number of esters is 2. The van der Waals surface area contributed by atoms with E-state index in [0.717, 1.165) is 11.3 Å². The monoisotopic (exact) mass is 206 g/mol. The number of carbonyl (C=O) groups is 2. The lowest BCUT2D eigenvalue weighted by Crippen LogP contribution is -2.43. The molecule has 0 atom stereocenters. The van der Waals surface area contributed by atoms with E-state index in [1.165, 1.54) is 0 Å². The first kappa shape index (κ1) is 9.64. The van der Waals surface area contributed by atoms with Crippen LogP contribution in [0.2, 0.25) is 0 Å². The van der Waals surface area contributed by atoms with Crippen LogP contribution in [-0.4, -0.2) is 30.0 Å². The van der Waals surface area contributed by atoms with E-state index < -0.39 is 11.9 Å². The molecule has 1 aromatic heterocycles. The zero-order chi connectivity index (χ0) is 10.8. The molecule has 0 aromatic carbocycles. The topological polar surface area (TPSA) is 59.5 Å². The average molecular weight is 206 g/mol. The van der Waals surface area contributed by atoms with Gasteiger partial charge in [0, 0.05) is 6.20 Å². The molecule has 1 aromatic rings. The van der Waals surface area contributed by atoms with Crippen molar-refractivity contribution in [2.75, 3.05) is 18.0 Å². The minimum atomic E-state index is -0.521. The summed E-state index contributed by atoms with van der Waals surface area (Å²) in [5, 5.41) is 0. The van der Waals surface area contributed by atoms with Gasteiger partial charge in [-0.05, 0) is 18.6 Å². The predicted molar refractivity (Wildman–Crippen MR) is 52.3 cm³/mol. The molecule has 78 valence electrons. The van der Waals surface area contributed by atoms with E-state index >= 15 is 0 Å². The van der Waals surface area contributed by atoms with E-state index in [2.05, 4.69) is 9.72 Å². The highest BCUT2D eigenvalue weighted by atomic mass is 16.6. The first-order valence-corrected chi connectivity index (χ1v) is 4.55. The van der Waals surface area contributed by atoms with E-state index in [9.17, 15) is 9.59 Å². The zero-order valence-corrected chi connectivity index (χ0v) is 8.27. The number of hydrogen-bond acceptors (Lipinski definition) is 5. The lowest BCUT2D eigenvalue weighted by Gasteiger charge is -2.25. The average Bonchev–Trinajstić information content (AvgIpc) is 2.16. The van der Waals surface area contributed by atoms with Crippen LogP contribution in [0.4, 0.5) is 5.69 Å². The molecule has 0 aliphatic carbocycles. The van der Waals surface area contributed by atoms with Crippen molar-refractivity contribution >= 4 is 17.6 Å². The first-order valence-electron chi connectivity index (χ1n) is 4.55. The number of ether oxygens (including phenoxy) is 1. The van der Waals surface area contributed by atoms with Crippen LogP contribution in [0.5, 0.6) is 0 Å². The number of nitrogens with zero attached hydrogens (tertiary/aromatic N) is 2. The van der Waals surface area contributed by atoms with Crippen LogP contribution >= 0.6 is 0 Å². The Morgan fingerprint density at radius 1 is 1.27 bits per heavy atom. The molecule has 1 aliphatic rings. The Morgan fingerprint density at radius 3 is 2.53 bits per heavy atom. The minimum Gasteiger partial charge on any atom is -0.390 e. The lowest BCUT2D eigenvalue weighted by atomic mass is 10.2. The third-order valence-corrected chi connectivity index (χ3v) is 2.09. The highest BCUT2D eigenvalue weighted by Gasteiger charge is 2.24. The number of morpholine rings is 1. The van der Waals surface area contributed by atoms with Gasteiger partial charge in [0.05, 0.1) is 11.9 Å². The van der Waals surface area contributed by atoms with Crippen molar-refractivity contribution in [1.82, 2.24) is 4.98 Å². The van der Waals surface area contributed by atoms with Gasteiger partial charge < -0.3 is 9.64 Å². The smallest absolute Gasteiger partial charge is 0.333 e. The molecule has 0 N–H and O–H groups in total. The van der Waals surface area contributed by atoms with Gasteiger partial charge in [-0.15, -0.1) is 0 Å². The van der Waals surface area contributed by atoms with Crippen LogP contribution < -0.4 is 4.90 Å².